The molecule has 0 spiro atoms. The lowest BCUT2D eigenvalue weighted by atomic mass is 10.1. The number of carbonyl (C=O) groups excluding carboxylic acids is 1. The van der Waals surface area contributed by atoms with E-state index in [9.17, 15) is 4.79 Å². The lowest BCUT2D eigenvalue weighted by Crippen LogP contribution is -2.11. The van der Waals surface area contributed by atoms with Gasteiger partial charge in [0.2, 0.25) is 5.91 Å². The van der Waals surface area contributed by atoms with Crippen LogP contribution in [0.3, 0.4) is 0 Å². The van der Waals surface area contributed by atoms with Crippen LogP contribution in [0.4, 0.5) is 5.69 Å². The summed E-state index contributed by atoms with van der Waals surface area (Å²) in [6.45, 7) is 2.06. The van der Waals surface area contributed by atoms with Crippen LogP contribution >= 0.6 is 0 Å². The van der Waals surface area contributed by atoms with Crippen molar-refractivity contribution in [2.75, 3.05) is 5.32 Å². The van der Waals surface area contributed by atoms with Crippen LogP contribution in [0.25, 0.3) is 56.0 Å². The molecule has 0 unspecified atom stereocenters. The van der Waals surface area contributed by atoms with Gasteiger partial charge in [0, 0.05) is 41.5 Å². The number of anilines is 1. The number of fused-ring (bicyclic) bond motifs is 2. The molecule has 0 saturated carbocycles. The minimum absolute atomic E-state index is 0.0142. The number of carbonyl (C=O) groups is 1. The van der Waals surface area contributed by atoms with E-state index in [1.807, 2.05) is 48.5 Å². The maximum Gasteiger partial charge on any atom is 0.224 e. The molecule has 182 valence electrons. The van der Waals surface area contributed by atoms with Crippen LogP contribution < -0.4 is 5.32 Å². The number of unbranched alkanes of at least 4 members (excludes halogenated alkanes) is 1. The van der Waals surface area contributed by atoms with Gasteiger partial charge in [0.25, 0.3) is 0 Å². The summed E-state index contributed by atoms with van der Waals surface area (Å²) in [4.78, 5) is 33.9. The Morgan fingerprint density at radius 2 is 1.89 bits per heavy atom. The minimum Gasteiger partial charge on any atom is -0.353 e. The highest BCUT2D eigenvalue weighted by atomic mass is 16.1. The standard InChI is InChI=1S/C28H24N8O/c1-2-3-7-25(37)32-18-13-17(15-29-16-18)20-8-9-23-27(34-20)28(36-35-23)24-14-19-21(33-24)10-12-31-26(19)22-6-4-5-11-30-22/h4-6,8-16,33H,2-3,7H2,1H3,(H,32,37)(H,35,36). The molecule has 0 atom stereocenters. The fourth-order valence-corrected chi connectivity index (χ4v) is 4.35. The van der Waals surface area contributed by atoms with E-state index in [2.05, 4.69) is 42.4 Å². The number of nitrogens with one attached hydrogen (secondary N) is 3. The van der Waals surface area contributed by atoms with E-state index in [0.717, 1.165) is 63.1 Å². The molecule has 0 aliphatic rings. The van der Waals surface area contributed by atoms with Crippen LogP contribution in [0.1, 0.15) is 26.2 Å². The monoisotopic (exact) mass is 488 g/mol. The molecule has 6 heterocycles. The van der Waals surface area contributed by atoms with Gasteiger partial charge in [0.15, 0.2) is 0 Å². The molecule has 9 nitrogen and oxygen atoms in total. The fraction of sp³-hybridized carbons (Fsp3) is 0.143. The first kappa shape index (κ1) is 22.5. The molecule has 6 aromatic heterocycles. The first-order valence-electron chi connectivity index (χ1n) is 12.2. The normalized spacial score (nSPS) is 11.3. The van der Waals surface area contributed by atoms with E-state index in [0.29, 0.717) is 17.8 Å². The molecule has 0 aliphatic heterocycles. The average molecular weight is 489 g/mol. The molecule has 9 heteroatoms. The number of hydrogen-bond acceptors (Lipinski definition) is 6. The van der Waals surface area contributed by atoms with Gasteiger partial charge in [-0.25, -0.2) is 4.98 Å². The van der Waals surface area contributed by atoms with Gasteiger partial charge in [-0.1, -0.05) is 19.4 Å². The number of aromatic nitrogens is 7. The maximum absolute atomic E-state index is 12.2. The van der Waals surface area contributed by atoms with Crippen LogP contribution in [0, 0.1) is 0 Å². The Morgan fingerprint density at radius 1 is 0.946 bits per heavy atom. The second-order valence-electron chi connectivity index (χ2n) is 8.80. The SMILES string of the molecule is CCCCC(=O)Nc1cncc(-c2ccc3[nH]nc(-c4cc5c(-c6ccccn6)nccc5[nH]4)c3n2)c1. The van der Waals surface area contributed by atoms with Crippen molar-refractivity contribution in [1.29, 1.82) is 0 Å². The number of H-pyrrole nitrogens is 2. The third kappa shape index (κ3) is 4.42. The highest BCUT2D eigenvalue weighted by molar-refractivity contribution is 5.98. The number of rotatable bonds is 7. The summed E-state index contributed by atoms with van der Waals surface area (Å²) in [5.41, 5.74) is 7.82. The largest absolute Gasteiger partial charge is 0.353 e. The topological polar surface area (TPSA) is 125 Å². The van der Waals surface area contributed by atoms with Gasteiger partial charge in [-0.05, 0) is 48.9 Å². The van der Waals surface area contributed by atoms with Crippen molar-refractivity contribution in [2.24, 2.45) is 0 Å². The van der Waals surface area contributed by atoms with Gasteiger partial charge >= 0.3 is 0 Å². The van der Waals surface area contributed by atoms with E-state index in [1.54, 1.807) is 24.8 Å². The average Bonchev–Trinajstić information content (AvgIpc) is 3.56. The molecule has 0 aliphatic carbocycles. The lowest BCUT2D eigenvalue weighted by molar-refractivity contribution is -0.116. The maximum atomic E-state index is 12.2. The van der Waals surface area contributed by atoms with E-state index in [4.69, 9.17) is 4.98 Å². The molecule has 0 fully saturated rings. The van der Waals surface area contributed by atoms with E-state index in [-0.39, 0.29) is 5.91 Å². The Morgan fingerprint density at radius 3 is 2.76 bits per heavy atom. The van der Waals surface area contributed by atoms with E-state index in [1.165, 1.54) is 0 Å². The highest BCUT2D eigenvalue weighted by Gasteiger charge is 2.16. The summed E-state index contributed by atoms with van der Waals surface area (Å²) in [5.74, 6) is -0.0142. The zero-order valence-corrected chi connectivity index (χ0v) is 20.2. The quantitative estimate of drug-likeness (QED) is 0.263. The van der Waals surface area contributed by atoms with Gasteiger partial charge in [-0.2, -0.15) is 5.10 Å². The molecule has 1 amide bonds. The molecular weight excluding hydrogens is 464 g/mol. The molecule has 6 rings (SSSR count). The van der Waals surface area contributed by atoms with Gasteiger partial charge < -0.3 is 10.3 Å². The van der Waals surface area contributed by atoms with Crippen LogP contribution in [-0.4, -0.2) is 41.0 Å². The summed E-state index contributed by atoms with van der Waals surface area (Å²) in [5, 5.41) is 11.5. The third-order valence-corrected chi connectivity index (χ3v) is 6.19. The first-order valence-corrected chi connectivity index (χ1v) is 12.2. The zero-order valence-electron chi connectivity index (χ0n) is 20.2. The van der Waals surface area contributed by atoms with Crippen LogP contribution in [0.15, 0.2) is 73.3 Å². The Bertz CT molecular complexity index is 1720. The van der Waals surface area contributed by atoms with Gasteiger partial charge in [-0.15, -0.1) is 0 Å². The predicted molar refractivity (Wildman–Crippen MR) is 144 cm³/mol. The first-order chi connectivity index (χ1) is 18.2. The van der Waals surface area contributed by atoms with Gasteiger partial charge in [0.05, 0.1) is 40.2 Å². The summed E-state index contributed by atoms with van der Waals surface area (Å²) in [6, 6.07) is 15.5. The van der Waals surface area contributed by atoms with Crippen molar-refractivity contribution in [1.82, 2.24) is 35.1 Å². The summed E-state index contributed by atoms with van der Waals surface area (Å²) < 4.78 is 0. The molecule has 0 bridgehead atoms. The summed E-state index contributed by atoms with van der Waals surface area (Å²) in [6.07, 6.45) is 9.23. The fourth-order valence-electron chi connectivity index (χ4n) is 4.35. The molecular formula is C28H24N8O. The van der Waals surface area contributed by atoms with Crippen LogP contribution in [0.5, 0.6) is 0 Å². The Kier molecular flexibility index (Phi) is 5.86. The second-order valence-corrected chi connectivity index (χ2v) is 8.80. The molecule has 6 aromatic rings. The minimum atomic E-state index is -0.0142. The summed E-state index contributed by atoms with van der Waals surface area (Å²) >= 11 is 0. The van der Waals surface area contributed by atoms with Crippen LogP contribution in [0.2, 0.25) is 0 Å². The highest BCUT2D eigenvalue weighted by Crippen LogP contribution is 2.32. The Balaban J connectivity index is 1.37. The molecule has 3 N–H and O–H groups in total. The van der Waals surface area contributed by atoms with Crippen molar-refractivity contribution in [3.8, 4) is 34.0 Å². The second kappa shape index (κ2) is 9.62. The summed E-state index contributed by atoms with van der Waals surface area (Å²) in [7, 11) is 0. The van der Waals surface area contributed by atoms with Gasteiger partial charge in [0.1, 0.15) is 11.2 Å². The van der Waals surface area contributed by atoms with Crippen molar-refractivity contribution in [2.45, 2.75) is 26.2 Å². The smallest absolute Gasteiger partial charge is 0.224 e. The number of aromatic amines is 2. The number of nitrogens with zero attached hydrogens (tertiary/aromatic N) is 5. The zero-order chi connectivity index (χ0) is 25.2. The molecule has 0 saturated heterocycles. The molecule has 0 radical (unpaired) electrons. The molecule has 37 heavy (non-hydrogen) atoms. The van der Waals surface area contributed by atoms with Crippen molar-refractivity contribution < 1.29 is 4.79 Å². The van der Waals surface area contributed by atoms with E-state index < -0.39 is 0 Å². The van der Waals surface area contributed by atoms with Gasteiger partial charge in [-0.3, -0.25) is 24.8 Å². The van der Waals surface area contributed by atoms with Crippen molar-refractivity contribution in [3.05, 3.63) is 73.3 Å². The Labute approximate surface area is 212 Å². The van der Waals surface area contributed by atoms with Crippen LogP contribution in [-0.2, 0) is 4.79 Å². The van der Waals surface area contributed by atoms with E-state index >= 15 is 0 Å². The number of amides is 1. The lowest BCUT2D eigenvalue weighted by Gasteiger charge is -2.07. The van der Waals surface area contributed by atoms with Crippen molar-refractivity contribution >= 4 is 33.5 Å². The van der Waals surface area contributed by atoms with Crippen molar-refractivity contribution in [3.63, 3.8) is 0 Å². The Hall–Kier alpha value is -4.92. The third-order valence-electron chi connectivity index (χ3n) is 6.19. The molecule has 0 aromatic carbocycles. The number of pyridine rings is 4. The predicted octanol–water partition coefficient (Wildman–Crippen LogP) is 5.75. The number of hydrogen-bond donors (Lipinski definition) is 3.